The topological polar surface area (TPSA) is 86.0 Å². The smallest absolute Gasteiger partial charge is 0.247 e. The Morgan fingerprint density at radius 3 is 2.76 bits per heavy atom. The Hall–Kier alpha value is -3.48. The summed E-state index contributed by atoms with van der Waals surface area (Å²) in [6, 6.07) is 3.75. The van der Waals surface area contributed by atoms with E-state index in [9.17, 15) is 0 Å². The van der Waals surface area contributed by atoms with Crippen LogP contribution in [0.3, 0.4) is 0 Å². The first-order valence-electron chi connectivity index (χ1n) is 9.41. The Balaban J connectivity index is 1.90. The average molecular weight is 391 g/mol. The van der Waals surface area contributed by atoms with Gasteiger partial charge in [-0.2, -0.15) is 0 Å². The zero-order chi connectivity index (χ0) is 20.8. The molecule has 1 aromatic carbocycles. The molecular formula is C22H25N5O2. The van der Waals surface area contributed by atoms with E-state index in [0.29, 0.717) is 35.4 Å². The number of ether oxygens (including phenoxy) is 1. The molecule has 1 N–H and O–H groups in total. The molecule has 2 aromatic heterocycles. The van der Waals surface area contributed by atoms with Crippen molar-refractivity contribution in [1.29, 1.82) is 0 Å². The number of hydrogen-bond acceptors (Lipinski definition) is 7. The predicted molar refractivity (Wildman–Crippen MR) is 115 cm³/mol. The van der Waals surface area contributed by atoms with Gasteiger partial charge < -0.3 is 14.5 Å². The molecule has 0 saturated heterocycles. The standard InChI is InChI=1S/C22H25N5O2/c1-6-7-14(2)8-9-15(3)12-23-21-18-10-17(22-27-26-16(4)29-22)11-19(28-5)20(18)24-13-25-21/h7-11,13H,3,6,12H2,1-2,4-5H3,(H,23,24,25)/b9-8-,14-7+. The van der Waals surface area contributed by atoms with Crippen LogP contribution in [0.1, 0.15) is 26.2 Å². The monoisotopic (exact) mass is 391 g/mol. The number of allylic oxidation sites excluding steroid dienone is 3. The second-order valence-electron chi connectivity index (χ2n) is 6.62. The number of nitrogens with zero attached hydrogens (tertiary/aromatic N) is 4. The van der Waals surface area contributed by atoms with Gasteiger partial charge in [-0.3, -0.25) is 0 Å². The predicted octanol–water partition coefficient (Wildman–Crippen LogP) is 4.88. The summed E-state index contributed by atoms with van der Waals surface area (Å²) in [5.74, 6) is 2.21. The van der Waals surface area contributed by atoms with Crippen molar-refractivity contribution in [3.05, 3.63) is 60.3 Å². The van der Waals surface area contributed by atoms with Crippen molar-refractivity contribution < 1.29 is 9.15 Å². The van der Waals surface area contributed by atoms with Crippen molar-refractivity contribution in [3.63, 3.8) is 0 Å². The van der Waals surface area contributed by atoms with E-state index in [0.717, 1.165) is 22.9 Å². The zero-order valence-electron chi connectivity index (χ0n) is 17.2. The Labute approximate surface area is 170 Å². The van der Waals surface area contributed by atoms with Gasteiger partial charge in [0.2, 0.25) is 11.8 Å². The van der Waals surface area contributed by atoms with Crippen molar-refractivity contribution >= 4 is 16.7 Å². The molecule has 3 rings (SSSR count). The van der Waals surface area contributed by atoms with Crippen LogP contribution in [-0.4, -0.2) is 33.8 Å². The van der Waals surface area contributed by atoms with Crippen molar-refractivity contribution in [2.45, 2.75) is 27.2 Å². The third-order valence-corrected chi connectivity index (χ3v) is 4.29. The number of anilines is 1. The van der Waals surface area contributed by atoms with E-state index in [4.69, 9.17) is 9.15 Å². The minimum Gasteiger partial charge on any atom is -0.494 e. The molecule has 0 spiro atoms. The van der Waals surface area contributed by atoms with Gasteiger partial charge in [0.05, 0.1) is 7.11 Å². The lowest BCUT2D eigenvalue weighted by atomic mass is 10.1. The van der Waals surface area contributed by atoms with Crippen LogP contribution in [0.5, 0.6) is 5.75 Å². The number of aryl methyl sites for hydroxylation is 1. The van der Waals surface area contributed by atoms with E-state index < -0.39 is 0 Å². The summed E-state index contributed by atoms with van der Waals surface area (Å²) in [6.45, 7) is 10.6. The number of rotatable bonds is 8. The molecule has 29 heavy (non-hydrogen) atoms. The third-order valence-electron chi connectivity index (χ3n) is 4.29. The maximum atomic E-state index is 5.56. The molecule has 0 unspecified atom stereocenters. The van der Waals surface area contributed by atoms with Gasteiger partial charge in [0.1, 0.15) is 23.4 Å². The molecule has 0 atom stereocenters. The van der Waals surface area contributed by atoms with E-state index in [2.05, 4.69) is 58.1 Å². The van der Waals surface area contributed by atoms with E-state index in [-0.39, 0.29) is 0 Å². The molecule has 7 heteroatoms. The largest absolute Gasteiger partial charge is 0.494 e. The second-order valence-corrected chi connectivity index (χ2v) is 6.62. The van der Waals surface area contributed by atoms with Crippen LogP contribution < -0.4 is 10.1 Å². The number of fused-ring (bicyclic) bond motifs is 1. The Kier molecular flexibility index (Phi) is 6.39. The summed E-state index contributed by atoms with van der Waals surface area (Å²) in [4.78, 5) is 8.77. The summed E-state index contributed by atoms with van der Waals surface area (Å²) in [6.07, 6.45) is 8.76. The number of hydrogen-bond donors (Lipinski definition) is 1. The van der Waals surface area contributed by atoms with Gasteiger partial charge >= 0.3 is 0 Å². The summed E-state index contributed by atoms with van der Waals surface area (Å²) >= 11 is 0. The molecular weight excluding hydrogens is 366 g/mol. The zero-order valence-corrected chi connectivity index (χ0v) is 17.2. The van der Waals surface area contributed by atoms with Crippen LogP contribution in [0.4, 0.5) is 5.82 Å². The number of methoxy groups -OCH3 is 1. The van der Waals surface area contributed by atoms with Crippen LogP contribution in [0.2, 0.25) is 0 Å². The maximum Gasteiger partial charge on any atom is 0.247 e. The number of nitrogens with one attached hydrogen (secondary N) is 1. The minimum absolute atomic E-state index is 0.419. The van der Waals surface area contributed by atoms with Crippen LogP contribution in [0.25, 0.3) is 22.4 Å². The Morgan fingerprint density at radius 1 is 1.24 bits per heavy atom. The van der Waals surface area contributed by atoms with E-state index in [1.807, 2.05) is 18.2 Å². The summed E-state index contributed by atoms with van der Waals surface area (Å²) in [5, 5.41) is 12.1. The highest BCUT2D eigenvalue weighted by atomic mass is 16.5. The van der Waals surface area contributed by atoms with Gasteiger partial charge in [-0.25, -0.2) is 9.97 Å². The van der Waals surface area contributed by atoms with Crippen LogP contribution in [-0.2, 0) is 0 Å². The van der Waals surface area contributed by atoms with Gasteiger partial charge in [0, 0.05) is 24.4 Å². The van der Waals surface area contributed by atoms with Gasteiger partial charge in [-0.15, -0.1) is 10.2 Å². The van der Waals surface area contributed by atoms with Gasteiger partial charge in [-0.05, 0) is 31.1 Å². The van der Waals surface area contributed by atoms with Gasteiger partial charge in [0.25, 0.3) is 0 Å². The fourth-order valence-corrected chi connectivity index (χ4v) is 2.86. The molecule has 150 valence electrons. The van der Waals surface area contributed by atoms with Crippen molar-refractivity contribution in [2.24, 2.45) is 0 Å². The molecule has 0 aliphatic heterocycles. The molecule has 0 bridgehead atoms. The van der Waals surface area contributed by atoms with E-state index in [1.54, 1.807) is 14.0 Å². The lowest BCUT2D eigenvalue weighted by molar-refractivity contribution is 0.418. The van der Waals surface area contributed by atoms with Crippen molar-refractivity contribution in [3.8, 4) is 17.2 Å². The molecule has 0 aliphatic rings. The maximum absolute atomic E-state index is 5.56. The van der Waals surface area contributed by atoms with Crippen LogP contribution in [0.15, 0.2) is 58.8 Å². The molecule has 0 saturated carbocycles. The SMILES string of the molecule is C=C(/C=C\C(C)=C\CC)CNc1ncnc2c(OC)cc(-c3nnc(C)o3)cc12. The molecule has 0 aliphatic carbocycles. The van der Waals surface area contributed by atoms with Gasteiger partial charge in [-0.1, -0.05) is 37.3 Å². The van der Waals surface area contributed by atoms with Crippen LogP contribution in [0, 0.1) is 6.92 Å². The first kappa shape index (κ1) is 20.3. The third kappa shape index (κ3) is 4.87. The first-order chi connectivity index (χ1) is 14.0. The van der Waals surface area contributed by atoms with E-state index >= 15 is 0 Å². The van der Waals surface area contributed by atoms with Gasteiger partial charge in [0.15, 0.2) is 0 Å². The quantitative estimate of drug-likeness (QED) is 0.548. The fraction of sp³-hybridized carbons (Fsp3) is 0.273. The highest BCUT2D eigenvalue weighted by Gasteiger charge is 2.15. The minimum atomic E-state index is 0.419. The lowest BCUT2D eigenvalue weighted by Gasteiger charge is -2.11. The normalized spacial score (nSPS) is 11.9. The first-order valence-corrected chi connectivity index (χ1v) is 9.41. The molecule has 0 amide bonds. The molecule has 3 aromatic rings. The highest BCUT2D eigenvalue weighted by molar-refractivity contribution is 5.96. The summed E-state index contributed by atoms with van der Waals surface area (Å²) in [7, 11) is 1.60. The molecule has 0 radical (unpaired) electrons. The summed E-state index contributed by atoms with van der Waals surface area (Å²) < 4.78 is 11.1. The molecule has 2 heterocycles. The lowest BCUT2D eigenvalue weighted by Crippen LogP contribution is -2.06. The van der Waals surface area contributed by atoms with E-state index in [1.165, 1.54) is 11.9 Å². The second kappa shape index (κ2) is 9.14. The molecule has 7 nitrogen and oxygen atoms in total. The highest BCUT2D eigenvalue weighted by Crippen LogP contribution is 2.33. The van der Waals surface area contributed by atoms with Crippen molar-refractivity contribution in [2.75, 3.05) is 19.0 Å². The fourth-order valence-electron chi connectivity index (χ4n) is 2.86. The number of aromatic nitrogens is 4. The Morgan fingerprint density at radius 2 is 2.07 bits per heavy atom. The molecule has 0 fully saturated rings. The summed E-state index contributed by atoms with van der Waals surface area (Å²) in [5.41, 5.74) is 3.60. The van der Waals surface area contributed by atoms with Crippen LogP contribution >= 0.6 is 0 Å². The number of benzene rings is 1. The van der Waals surface area contributed by atoms with Crippen molar-refractivity contribution in [1.82, 2.24) is 20.2 Å². The average Bonchev–Trinajstić information content (AvgIpc) is 3.16. The Bertz CT molecular complexity index is 1080.